The van der Waals surface area contributed by atoms with Crippen molar-refractivity contribution < 1.29 is 9.18 Å². The number of halogens is 1. The summed E-state index contributed by atoms with van der Waals surface area (Å²) in [6.45, 7) is 2.34. The Morgan fingerprint density at radius 2 is 1.86 bits per heavy atom. The van der Waals surface area contributed by atoms with Crippen LogP contribution in [0.2, 0.25) is 0 Å². The highest BCUT2D eigenvalue weighted by Crippen LogP contribution is 2.25. The number of rotatable bonds is 8. The number of nitriles is 1. The van der Waals surface area contributed by atoms with E-state index in [1.807, 2.05) is 37.3 Å². The van der Waals surface area contributed by atoms with Crippen molar-refractivity contribution in [1.82, 2.24) is 15.0 Å². The van der Waals surface area contributed by atoms with Gasteiger partial charge in [0.05, 0.1) is 16.8 Å². The molecule has 0 amide bonds. The molecule has 4 aromatic rings. The number of ketones is 1. The molecule has 0 bridgehead atoms. The fourth-order valence-electron chi connectivity index (χ4n) is 3.69. The van der Waals surface area contributed by atoms with Crippen LogP contribution in [0, 0.1) is 17.1 Å². The zero-order valence-electron chi connectivity index (χ0n) is 19.1. The second kappa shape index (κ2) is 10.5. The van der Waals surface area contributed by atoms with Gasteiger partial charge in [-0.25, -0.2) is 19.3 Å². The number of nitrogens with one attached hydrogen (secondary N) is 1. The van der Waals surface area contributed by atoms with Gasteiger partial charge >= 0.3 is 0 Å². The number of nitrogens with two attached hydrogens (primary N) is 1. The second-order valence-electron chi connectivity index (χ2n) is 8.16. The maximum absolute atomic E-state index is 13.2. The number of benzene rings is 2. The Hall–Kier alpha value is -4.64. The van der Waals surface area contributed by atoms with Gasteiger partial charge in [-0.3, -0.25) is 4.79 Å². The van der Waals surface area contributed by atoms with Crippen molar-refractivity contribution in [2.24, 2.45) is 0 Å². The molecule has 0 aliphatic heterocycles. The van der Waals surface area contributed by atoms with E-state index in [0.29, 0.717) is 23.5 Å². The zero-order chi connectivity index (χ0) is 24.8. The third-order valence-electron chi connectivity index (χ3n) is 5.63. The number of hydrogen-bond donors (Lipinski definition) is 2. The van der Waals surface area contributed by atoms with Crippen molar-refractivity contribution in [2.45, 2.75) is 25.8 Å². The number of Topliss-reactive ketones (excluding diaryl/α,β-unsaturated/α-hetero) is 1. The molecular weight excluding hydrogens is 443 g/mol. The Kier molecular flexibility index (Phi) is 7.07. The predicted octanol–water partition coefficient (Wildman–Crippen LogP) is 5.12. The SMILES string of the molecule is C[C@H](CC(=O)c1cc(C#N)cnc1NCc1ccc(-c2ccnc(N)n2)cc1)c1ccc(F)cc1. The molecule has 4 rings (SSSR count). The summed E-state index contributed by atoms with van der Waals surface area (Å²) in [5, 5.41) is 12.5. The highest BCUT2D eigenvalue weighted by atomic mass is 19.1. The van der Waals surface area contributed by atoms with Crippen LogP contribution in [0.1, 0.15) is 46.3 Å². The fourth-order valence-corrected chi connectivity index (χ4v) is 3.69. The Balaban J connectivity index is 1.48. The van der Waals surface area contributed by atoms with Gasteiger partial charge in [-0.15, -0.1) is 0 Å². The maximum atomic E-state index is 13.2. The van der Waals surface area contributed by atoms with E-state index in [2.05, 4.69) is 20.3 Å². The molecule has 0 saturated heterocycles. The van der Waals surface area contributed by atoms with Gasteiger partial charge in [-0.2, -0.15) is 5.26 Å². The summed E-state index contributed by atoms with van der Waals surface area (Å²) in [6, 6.07) is 19.2. The molecule has 2 heterocycles. The van der Waals surface area contributed by atoms with Gasteiger partial charge in [0.25, 0.3) is 0 Å². The van der Waals surface area contributed by atoms with Gasteiger partial charge in [0.2, 0.25) is 5.95 Å². The summed E-state index contributed by atoms with van der Waals surface area (Å²) in [5.74, 6) is 0.0358. The molecule has 0 fully saturated rings. The molecule has 8 heteroatoms. The largest absolute Gasteiger partial charge is 0.368 e. The van der Waals surface area contributed by atoms with E-state index in [9.17, 15) is 14.4 Å². The van der Waals surface area contributed by atoms with Gasteiger partial charge in [0.1, 0.15) is 17.7 Å². The smallest absolute Gasteiger partial charge is 0.220 e. The second-order valence-corrected chi connectivity index (χ2v) is 8.16. The summed E-state index contributed by atoms with van der Waals surface area (Å²) < 4.78 is 13.2. The lowest BCUT2D eigenvalue weighted by atomic mass is 9.93. The number of hydrogen-bond acceptors (Lipinski definition) is 7. The van der Waals surface area contributed by atoms with E-state index in [0.717, 1.165) is 22.4 Å². The first-order chi connectivity index (χ1) is 16.9. The van der Waals surface area contributed by atoms with Crippen LogP contribution in [0.5, 0.6) is 0 Å². The minimum absolute atomic E-state index is 0.120. The number of pyridine rings is 1. The summed E-state index contributed by atoms with van der Waals surface area (Å²) in [5.41, 5.74) is 9.80. The van der Waals surface area contributed by atoms with E-state index in [1.54, 1.807) is 30.5 Å². The average Bonchev–Trinajstić information content (AvgIpc) is 2.88. The van der Waals surface area contributed by atoms with Crippen LogP contribution in [0.25, 0.3) is 11.3 Å². The third-order valence-corrected chi connectivity index (χ3v) is 5.63. The van der Waals surface area contributed by atoms with E-state index >= 15 is 0 Å². The van der Waals surface area contributed by atoms with Crippen LogP contribution in [0.3, 0.4) is 0 Å². The summed E-state index contributed by atoms with van der Waals surface area (Å²) >= 11 is 0. The maximum Gasteiger partial charge on any atom is 0.220 e. The van der Waals surface area contributed by atoms with Crippen molar-refractivity contribution in [2.75, 3.05) is 11.1 Å². The van der Waals surface area contributed by atoms with Crippen molar-refractivity contribution >= 4 is 17.5 Å². The first-order valence-electron chi connectivity index (χ1n) is 11.0. The normalized spacial score (nSPS) is 11.5. The highest BCUT2D eigenvalue weighted by Gasteiger charge is 2.18. The molecule has 0 radical (unpaired) electrons. The van der Waals surface area contributed by atoms with Gasteiger partial charge in [0, 0.05) is 30.9 Å². The molecule has 1 atom stereocenters. The van der Waals surface area contributed by atoms with Gasteiger partial charge in [-0.1, -0.05) is 43.3 Å². The number of anilines is 2. The molecule has 0 saturated carbocycles. The average molecular weight is 467 g/mol. The number of carbonyl (C=O) groups is 1. The van der Waals surface area contributed by atoms with E-state index in [1.165, 1.54) is 18.3 Å². The molecule has 0 aliphatic rings. The van der Waals surface area contributed by atoms with Crippen molar-refractivity contribution in [3.63, 3.8) is 0 Å². The molecule has 2 aromatic carbocycles. The minimum Gasteiger partial charge on any atom is -0.368 e. The number of carbonyl (C=O) groups excluding carboxylic acids is 1. The summed E-state index contributed by atoms with van der Waals surface area (Å²) in [7, 11) is 0. The fraction of sp³-hybridized carbons (Fsp3) is 0.148. The molecular formula is C27H23FN6O. The first kappa shape index (κ1) is 23.5. The molecule has 0 aliphatic carbocycles. The first-order valence-corrected chi connectivity index (χ1v) is 11.0. The quantitative estimate of drug-likeness (QED) is 0.346. The summed E-state index contributed by atoms with van der Waals surface area (Å²) in [6.07, 6.45) is 3.25. The lowest BCUT2D eigenvalue weighted by Crippen LogP contribution is -2.11. The lowest BCUT2D eigenvalue weighted by Gasteiger charge is -2.14. The minimum atomic E-state index is -0.320. The van der Waals surface area contributed by atoms with Crippen LogP contribution >= 0.6 is 0 Å². The van der Waals surface area contributed by atoms with E-state index < -0.39 is 0 Å². The third kappa shape index (κ3) is 5.84. The number of aromatic nitrogens is 3. The van der Waals surface area contributed by atoms with Crippen LogP contribution < -0.4 is 11.1 Å². The van der Waals surface area contributed by atoms with Gasteiger partial charge in [-0.05, 0) is 41.3 Å². The van der Waals surface area contributed by atoms with Crippen molar-refractivity contribution in [1.29, 1.82) is 5.26 Å². The van der Waals surface area contributed by atoms with Gasteiger partial charge < -0.3 is 11.1 Å². The van der Waals surface area contributed by atoms with Crippen LogP contribution in [-0.4, -0.2) is 20.7 Å². The Morgan fingerprint density at radius 3 is 2.54 bits per heavy atom. The molecule has 2 aromatic heterocycles. The van der Waals surface area contributed by atoms with E-state index in [4.69, 9.17) is 5.73 Å². The monoisotopic (exact) mass is 466 g/mol. The van der Waals surface area contributed by atoms with Crippen LogP contribution in [0.15, 0.2) is 73.1 Å². The zero-order valence-corrected chi connectivity index (χ0v) is 19.1. The standard InChI is InChI=1S/C27H23FN6O/c1-17(20-6-8-22(28)9-7-20)12-25(35)23-13-19(14-29)16-33-26(23)32-15-18-2-4-21(5-3-18)24-10-11-31-27(30)34-24/h2-11,13,16-17H,12,15H2,1H3,(H,32,33)(H2,30,31,34)/t17-/m1/s1. The summed E-state index contributed by atoms with van der Waals surface area (Å²) in [4.78, 5) is 25.6. The number of nitrogens with zero attached hydrogens (tertiary/aromatic N) is 4. The molecule has 0 spiro atoms. The van der Waals surface area contributed by atoms with Crippen molar-refractivity contribution in [3.05, 3.63) is 101 Å². The molecule has 3 N–H and O–H groups in total. The Bertz CT molecular complexity index is 1380. The Morgan fingerprint density at radius 1 is 1.11 bits per heavy atom. The Labute approximate surface area is 202 Å². The highest BCUT2D eigenvalue weighted by molar-refractivity contribution is 6.01. The molecule has 174 valence electrons. The topological polar surface area (TPSA) is 118 Å². The van der Waals surface area contributed by atoms with E-state index in [-0.39, 0.29) is 29.9 Å². The lowest BCUT2D eigenvalue weighted by molar-refractivity contribution is 0.0976. The number of nitrogen functional groups attached to an aromatic ring is 1. The van der Waals surface area contributed by atoms with Crippen LogP contribution in [0.4, 0.5) is 16.2 Å². The molecule has 0 unspecified atom stereocenters. The molecule has 7 nitrogen and oxygen atoms in total. The van der Waals surface area contributed by atoms with Crippen molar-refractivity contribution in [3.8, 4) is 17.3 Å². The van der Waals surface area contributed by atoms with Gasteiger partial charge in [0.15, 0.2) is 5.78 Å². The predicted molar refractivity (Wildman–Crippen MR) is 132 cm³/mol. The van der Waals surface area contributed by atoms with Crippen LogP contribution in [-0.2, 0) is 6.54 Å². The molecule has 35 heavy (non-hydrogen) atoms.